The van der Waals surface area contributed by atoms with Crippen molar-refractivity contribution >= 4 is 23.3 Å². The number of nitrogens with one attached hydrogen (secondary N) is 1. The van der Waals surface area contributed by atoms with Crippen LogP contribution in [0.25, 0.3) is 0 Å². The Bertz CT molecular complexity index is 654. The van der Waals surface area contributed by atoms with E-state index in [9.17, 15) is 19.7 Å². The summed E-state index contributed by atoms with van der Waals surface area (Å²) >= 11 is 0. The molecule has 1 atom stereocenters. The quantitative estimate of drug-likeness (QED) is 0.583. The van der Waals surface area contributed by atoms with Gasteiger partial charge in [0.05, 0.1) is 4.92 Å². The number of hydrogen-bond donors (Lipinski definition) is 2. The van der Waals surface area contributed by atoms with E-state index in [2.05, 4.69) is 10.2 Å². The van der Waals surface area contributed by atoms with Gasteiger partial charge in [-0.15, -0.1) is 0 Å². The van der Waals surface area contributed by atoms with Crippen molar-refractivity contribution in [2.75, 3.05) is 31.1 Å². The molecule has 142 valence electrons. The Morgan fingerprint density at radius 2 is 1.77 bits per heavy atom. The van der Waals surface area contributed by atoms with Gasteiger partial charge in [0.25, 0.3) is 5.69 Å². The van der Waals surface area contributed by atoms with Crippen LogP contribution in [0.15, 0.2) is 24.3 Å². The zero-order valence-electron chi connectivity index (χ0n) is 15.1. The van der Waals surface area contributed by atoms with Crippen LogP contribution in [0.1, 0.15) is 20.3 Å². The molecular weight excluding hydrogens is 338 g/mol. The number of carbonyl (C=O) groups is 2. The molecule has 9 nitrogen and oxygen atoms in total. The Morgan fingerprint density at radius 1 is 1.19 bits per heavy atom. The van der Waals surface area contributed by atoms with Crippen LogP contribution in [0.5, 0.6) is 0 Å². The Labute approximate surface area is 152 Å². The lowest BCUT2D eigenvalue weighted by Crippen LogP contribution is -2.56. The van der Waals surface area contributed by atoms with Gasteiger partial charge in [-0.1, -0.05) is 13.8 Å². The van der Waals surface area contributed by atoms with Gasteiger partial charge in [-0.2, -0.15) is 0 Å². The molecule has 0 aliphatic carbocycles. The zero-order valence-corrected chi connectivity index (χ0v) is 15.1. The maximum atomic E-state index is 12.7. The van der Waals surface area contributed by atoms with Crippen LogP contribution in [0, 0.1) is 16.0 Å². The van der Waals surface area contributed by atoms with Crippen LogP contribution in [0.3, 0.4) is 0 Å². The predicted molar refractivity (Wildman–Crippen MR) is 97.9 cm³/mol. The minimum atomic E-state index is -0.700. The van der Waals surface area contributed by atoms with Crippen LogP contribution in [0.4, 0.5) is 16.2 Å². The molecule has 0 radical (unpaired) electrons. The van der Waals surface area contributed by atoms with Crippen molar-refractivity contribution in [1.82, 2.24) is 10.2 Å². The summed E-state index contributed by atoms with van der Waals surface area (Å²) in [6.07, 6.45) is 0.532. The van der Waals surface area contributed by atoms with Gasteiger partial charge in [0, 0.05) is 44.0 Å². The first kappa shape index (κ1) is 19.5. The van der Waals surface area contributed by atoms with Crippen molar-refractivity contribution in [3.63, 3.8) is 0 Å². The molecule has 3 N–H and O–H groups in total. The summed E-state index contributed by atoms with van der Waals surface area (Å²) < 4.78 is 0. The molecule has 0 unspecified atom stereocenters. The molecule has 1 aromatic rings. The molecule has 0 spiro atoms. The van der Waals surface area contributed by atoms with E-state index in [1.807, 2.05) is 13.8 Å². The van der Waals surface area contributed by atoms with Gasteiger partial charge in [0.15, 0.2) is 0 Å². The predicted octanol–water partition coefficient (Wildman–Crippen LogP) is 1.33. The molecular formula is C17H25N5O4. The Morgan fingerprint density at radius 3 is 2.23 bits per heavy atom. The van der Waals surface area contributed by atoms with Gasteiger partial charge in [0.2, 0.25) is 5.91 Å². The van der Waals surface area contributed by atoms with Gasteiger partial charge in [-0.3, -0.25) is 14.9 Å². The first-order valence-electron chi connectivity index (χ1n) is 8.62. The van der Waals surface area contributed by atoms with Crippen molar-refractivity contribution < 1.29 is 14.5 Å². The molecule has 1 aliphatic heterocycles. The molecule has 26 heavy (non-hydrogen) atoms. The minimum Gasteiger partial charge on any atom is -0.368 e. The van der Waals surface area contributed by atoms with Gasteiger partial charge < -0.3 is 20.9 Å². The summed E-state index contributed by atoms with van der Waals surface area (Å²) in [6, 6.07) is 5.06. The average molecular weight is 363 g/mol. The molecule has 0 bridgehead atoms. The highest BCUT2D eigenvalue weighted by molar-refractivity contribution is 5.86. The van der Waals surface area contributed by atoms with E-state index in [0.717, 1.165) is 5.69 Å². The number of hydrogen-bond acceptors (Lipinski definition) is 5. The summed E-state index contributed by atoms with van der Waals surface area (Å²) in [6.45, 7) is 6.24. The van der Waals surface area contributed by atoms with Gasteiger partial charge in [0.1, 0.15) is 6.04 Å². The van der Waals surface area contributed by atoms with E-state index < -0.39 is 17.0 Å². The fourth-order valence-corrected chi connectivity index (χ4v) is 3.06. The Hall–Kier alpha value is -2.84. The van der Waals surface area contributed by atoms with E-state index in [4.69, 9.17) is 5.73 Å². The van der Waals surface area contributed by atoms with Gasteiger partial charge in [-0.05, 0) is 24.5 Å². The number of non-ortho nitro benzene ring substituents is 1. The number of benzene rings is 1. The van der Waals surface area contributed by atoms with E-state index in [1.54, 1.807) is 17.0 Å². The van der Waals surface area contributed by atoms with Crippen molar-refractivity contribution in [2.45, 2.75) is 26.3 Å². The zero-order chi connectivity index (χ0) is 19.3. The second kappa shape index (κ2) is 8.50. The number of nitrogens with two attached hydrogens (primary N) is 1. The SMILES string of the molecule is CC(C)C[C@H](NC(N)=O)C(=O)N1CCN(c2ccc([N+](=O)[O-])cc2)CC1. The maximum Gasteiger partial charge on any atom is 0.312 e. The first-order chi connectivity index (χ1) is 12.3. The molecule has 0 aromatic heterocycles. The molecule has 3 amide bonds. The normalized spacial score (nSPS) is 15.7. The summed E-state index contributed by atoms with van der Waals surface area (Å²) in [5, 5.41) is 13.3. The summed E-state index contributed by atoms with van der Waals surface area (Å²) in [4.78, 5) is 38.0. The van der Waals surface area contributed by atoms with Crippen molar-refractivity contribution in [3.8, 4) is 0 Å². The van der Waals surface area contributed by atoms with E-state index in [-0.39, 0.29) is 17.5 Å². The number of piperazine rings is 1. The van der Waals surface area contributed by atoms with Crippen LogP contribution in [0.2, 0.25) is 0 Å². The van der Waals surface area contributed by atoms with Crippen LogP contribution >= 0.6 is 0 Å². The molecule has 2 rings (SSSR count). The number of rotatable bonds is 6. The highest BCUT2D eigenvalue weighted by Crippen LogP contribution is 2.21. The molecule has 1 aromatic carbocycles. The lowest BCUT2D eigenvalue weighted by atomic mass is 10.0. The summed E-state index contributed by atoms with van der Waals surface area (Å²) in [5.41, 5.74) is 6.13. The number of urea groups is 1. The molecule has 1 saturated heterocycles. The monoisotopic (exact) mass is 363 g/mol. The number of nitro groups is 1. The molecule has 1 heterocycles. The summed E-state index contributed by atoms with van der Waals surface area (Å²) in [5.74, 6) is 0.123. The van der Waals surface area contributed by atoms with Crippen LogP contribution in [-0.2, 0) is 4.79 Å². The van der Waals surface area contributed by atoms with Crippen molar-refractivity contribution in [3.05, 3.63) is 34.4 Å². The first-order valence-corrected chi connectivity index (χ1v) is 8.62. The number of nitro benzene ring substituents is 1. The van der Waals surface area contributed by atoms with E-state index >= 15 is 0 Å². The fraction of sp³-hybridized carbons (Fsp3) is 0.529. The number of primary amides is 1. The van der Waals surface area contributed by atoms with Gasteiger partial charge in [-0.25, -0.2) is 4.79 Å². The fourth-order valence-electron chi connectivity index (χ4n) is 3.06. The van der Waals surface area contributed by atoms with E-state index in [0.29, 0.717) is 32.6 Å². The third kappa shape index (κ3) is 5.08. The van der Waals surface area contributed by atoms with Crippen molar-refractivity contribution in [2.24, 2.45) is 11.7 Å². The molecule has 1 aliphatic rings. The number of nitrogens with zero attached hydrogens (tertiary/aromatic N) is 3. The average Bonchev–Trinajstić information content (AvgIpc) is 2.60. The third-order valence-electron chi connectivity index (χ3n) is 4.34. The lowest BCUT2D eigenvalue weighted by molar-refractivity contribution is -0.384. The standard InChI is InChI=1S/C17H25N5O4/c1-12(2)11-15(19-17(18)24)16(23)21-9-7-20(8-10-21)13-3-5-14(6-4-13)22(25)26/h3-6,12,15H,7-11H2,1-2H3,(H3,18,19,24)/t15-/m0/s1. The van der Waals surface area contributed by atoms with Crippen LogP contribution < -0.4 is 16.0 Å². The second-order valence-corrected chi connectivity index (χ2v) is 6.78. The highest BCUT2D eigenvalue weighted by atomic mass is 16.6. The Balaban J connectivity index is 1.96. The molecule has 1 fully saturated rings. The highest BCUT2D eigenvalue weighted by Gasteiger charge is 2.29. The largest absolute Gasteiger partial charge is 0.368 e. The summed E-state index contributed by atoms with van der Waals surface area (Å²) in [7, 11) is 0. The second-order valence-electron chi connectivity index (χ2n) is 6.78. The van der Waals surface area contributed by atoms with Crippen LogP contribution in [-0.4, -0.2) is 54.0 Å². The topological polar surface area (TPSA) is 122 Å². The minimum absolute atomic E-state index is 0.0524. The molecule has 0 saturated carbocycles. The maximum absolute atomic E-state index is 12.7. The smallest absolute Gasteiger partial charge is 0.312 e. The third-order valence-corrected chi connectivity index (χ3v) is 4.34. The van der Waals surface area contributed by atoms with Gasteiger partial charge >= 0.3 is 6.03 Å². The molecule has 9 heteroatoms. The number of carbonyl (C=O) groups excluding carboxylic acids is 2. The number of anilines is 1. The Kier molecular flexibility index (Phi) is 6.37. The van der Waals surface area contributed by atoms with E-state index in [1.165, 1.54) is 12.1 Å². The number of amides is 3. The lowest BCUT2D eigenvalue weighted by Gasteiger charge is -2.37. The van der Waals surface area contributed by atoms with Crippen molar-refractivity contribution in [1.29, 1.82) is 0 Å².